The second-order valence-corrected chi connectivity index (χ2v) is 5.32. The molecule has 0 saturated heterocycles. The number of terminal acetylenes is 1. The number of hydrazine groups is 1. The molecule has 2 heterocycles. The van der Waals surface area contributed by atoms with Crippen LogP contribution in [0.25, 0.3) is 9.40 Å². The first-order valence-electron chi connectivity index (χ1n) is 4.71. The molecule has 0 bridgehead atoms. The molecule has 15 heavy (non-hydrogen) atoms. The molecule has 0 aliphatic heterocycles. The van der Waals surface area contributed by atoms with Crippen molar-refractivity contribution in [3.63, 3.8) is 0 Å². The highest BCUT2D eigenvalue weighted by Crippen LogP contribution is 2.34. The van der Waals surface area contributed by atoms with Crippen LogP contribution in [0.4, 0.5) is 0 Å². The highest BCUT2D eigenvalue weighted by molar-refractivity contribution is 7.26. The zero-order valence-corrected chi connectivity index (χ0v) is 9.83. The van der Waals surface area contributed by atoms with Gasteiger partial charge in [-0.15, -0.1) is 35.0 Å². The molecular weight excluding hydrogens is 224 g/mol. The van der Waals surface area contributed by atoms with Crippen molar-refractivity contribution in [3.05, 3.63) is 22.4 Å². The Kier molecular flexibility index (Phi) is 3.39. The third-order valence-electron chi connectivity index (χ3n) is 2.28. The molecule has 1 unspecified atom stereocenters. The van der Waals surface area contributed by atoms with Crippen LogP contribution < -0.4 is 11.3 Å². The molecule has 78 valence electrons. The summed E-state index contributed by atoms with van der Waals surface area (Å²) in [4.78, 5) is 1.27. The zero-order valence-electron chi connectivity index (χ0n) is 8.19. The Labute approximate surface area is 97.1 Å². The number of thiophene rings is 2. The van der Waals surface area contributed by atoms with Crippen LogP contribution in [0.1, 0.15) is 23.8 Å². The summed E-state index contributed by atoms with van der Waals surface area (Å²) in [7, 11) is 0. The minimum absolute atomic E-state index is 0.186. The van der Waals surface area contributed by atoms with Crippen LogP contribution in [0.15, 0.2) is 17.5 Å². The average molecular weight is 236 g/mol. The maximum absolute atomic E-state index is 5.53. The molecule has 0 radical (unpaired) electrons. The van der Waals surface area contributed by atoms with Crippen molar-refractivity contribution in [2.75, 3.05) is 0 Å². The van der Waals surface area contributed by atoms with Gasteiger partial charge in [0.1, 0.15) is 0 Å². The topological polar surface area (TPSA) is 38.0 Å². The monoisotopic (exact) mass is 236 g/mol. The van der Waals surface area contributed by atoms with E-state index in [1.165, 1.54) is 14.3 Å². The lowest BCUT2D eigenvalue weighted by Gasteiger charge is -2.11. The van der Waals surface area contributed by atoms with Crippen LogP contribution in [0.2, 0.25) is 0 Å². The van der Waals surface area contributed by atoms with E-state index in [1.807, 2.05) is 0 Å². The van der Waals surface area contributed by atoms with E-state index in [0.29, 0.717) is 0 Å². The van der Waals surface area contributed by atoms with Crippen LogP contribution in [0.5, 0.6) is 0 Å². The van der Waals surface area contributed by atoms with E-state index in [4.69, 9.17) is 12.3 Å². The summed E-state index contributed by atoms with van der Waals surface area (Å²) in [6, 6.07) is 4.53. The smallest absolute Gasteiger partial charge is 0.0563 e. The summed E-state index contributed by atoms with van der Waals surface area (Å²) >= 11 is 3.55. The van der Waals surface area contributed by atoms with Gasteiger partial charge in [0.05, 0.1) is 6.04 Å². The summed E-state index contributed by atoms with van der Waals surface area (Å²) in [5.41, 5.74) is 2.82. The van der Waals surface area contributed by atoms with E-state index < -0.39 is 0 Å². The number of fused-ring (bicyclic) bond motifs is 1. The average Bonchev–Trinajstić information content (AvgIpc) is 2.79. The Balaban J connectivity index is 2.21. The van der Waals surface area contributed by atoms with E-state index >= 15 is 0 Å². The minimum Gasteiger partial charge on any atom is -0.271 e. The Morgan fingerprint density at radius 3 is 3.07 bits per heavy atom. The third kappa shape index (κ3) is 2.21. The fraction of sp³-hybridized carbons (Fsp3) is 0.273. The van der Waals surface area contributed by atoms with Crippen LogP contribution >= 0.6 is 22.7 Å². The Morgan fingerprint density at radius 1 is 1.53 bits per heavy atom. The van der Waals surface area contributed by atoms with Crippen molar-refractivity contribution in [1.82, 2.24) is 5.43 Å². The Hall–Kier alpha value is -0.860. The second kappa shape index (κ2) is 4.77. The fourth-order valence-corrected chi connectivity index (χ4v) is 3.71. The van der Waals surface area contributed by atoms with Crippen molar-refractivity contribution in [3.8, 4) is 12.3 Å². The van der Waals surface area contributed by atoms with Gasteiger partial charge in [0.25, 0.3) is 0 Å². The molecule has 0 aliphatic rings. The Bertz CT molecular complexity index is 449. The number of hydrogen-bond donors (Lipinski definition) is 2. The van der Waals surface area contributed by atoms with Crippen molar-refractivity contribution < 1.29 is 0 Å². The van der Waals surface area contributed by atoms with Gasteiger partial charge in [0.15, 0.2) is 0 Å². The van der Waals surface area contributed by atoms with Gasteiger partial charge in [0, 0.05) is 20.7 Å². The number of nitrogens with one attached hydrogen (secondary N) is 1. The Morgan fingerprint density at radius 2 is 2.40 bits per heavy atom. The molecule has 0 saturated carbocycles. The molecule has 1 atom stereocenters. The van der Waals surface area contributed by atoms with Crippen LogP contribution in [-0.4, -0.2) is 0 Å². The van der Waals surface area contributed by atoms with E-state index in [9.17, 15) is 0 Å². The maximum Gasteiger partial charge on any atom is 0.0563 e. The number of hydrogen-bond acceptors (Lipinski definition) is 4. The molecule has 0 fully saturated rings. The van der Waals surface area contributed by atoms with E-state index in [2.05, 4.69) is 28.9 Å². The van der Waals surface area contributed by atoms with Crippen molar-refractivity contribution in [1.29, 1.82) is 0 Å². The quantitative estimate of drug-likeness (QED) is 0.486. The molecular formula is C11H12N2S2. The third-order valence-corrected chi connectivity index (χ3v) is 4.49. The largest absolute Gasteiger partial charge is 0.271 e. The first-order valence-corrected chi connectivity index (χ1v) is 6.41. The van der Waals surface area contributed by atoms with Crippen molar-refractivity contribution >= 4 is 32.1 Å². The number of rotatable bonds is 4. The molecule has 2 rings (SSSR count). The van der Waals surface area contributed by atoms with Crippen LogP contribution in [-0.2, 0) is 0 Å². The summed E-state index contributed by atoms with van der Waals surface area (Å²) in [5.74, 6) is 8.17. The van der Waals surface area contributed by atoms with Gasteiger partial charge < -0.3 is 0 Å². The molecule has 2 aromatic heterocycles. The highest BCUT2D eigenvalue weighted by Gasteiger charge is 2.12. The van der Waals surface area contributed by atoms with E-state index in [1.54, 1.807) is 22.7 Å². The molecule has 0 aliphatic carbocycles. The summed E-state index contributed by atoms with van der Waals surface area (Å²) in [6.07, 6.45) is 6.89. The highest BCUT2D eigenvalue weighted by atomic mass is 32.1. The molecule has 0 aromatic carbocycles. The first kappa shape index (κ1) is 10.7. The van der Waals surface area contributed by atoms with Gasteiger partial charge in [-0.05, 0) is 23.9 Å². The molecule has 0 amide bonds. The van der Waals surface area contributed by atoms with Gasteiger partial charge in [-0.2, -0.15) is 0 Å². The molecule has 0 spiro atoms. The SMILES string of the molecule is C#CCCC(NN)c1cc2sccc2s1. The van der Waals surface area contributed by atoms with Gasteiger partial charge in [0.2, 0.25) is 0 Å². The normalized spacial score (nSPS) is 12.8. The van der Waals surface area contributed by atoms with Gasteiger partial charge in [-0.25, -0.2) is 0 Å². The molecule has 4 heteroatoms. The second-order valence-electron chi connectivity index (χ2n) is 3.26. The van der Waals surface area contributed by atoms with Gasteiger partial charge in [-0.1, -0.05) is 0 Å². The molecule has 2 nitrogen and oxygen atoms in total. The lowest BCUT2D eigenvalue weighted by molar-refractivity contribution is 0.532. The fourth-order valence-electron chi connectivity index (χ4n) is 1.49. The van der Waals surface area contributed by atoms with Crippen LogP contribution in [0.3, 0.4) is 0 Å². The van der Waals surface area contributed by atoms with E-state index in [0.717, 1.165) is 12.8 Å². The summed E-state index contributed by atoms with van der Waals surface area (Å²) in [5, 5.41) is 2.11. The molecule has 3 N–H and O–H groups in total. The van der Waals surface area contributed by atoms with Crippen LogP contribution in [0, 0.1) is 12.3 Å². The first-order chi connectivity index (χ1) is 7.35. The maximum atomic E-state index is 5.53. The summed E-state index contributed by atoms with van der Waals surface area (Å²) < 4.78 is 2.66. The predicted octanol–water partition coefficient (Wildman–Crippen LogP) is 2.88. The standard InChI is InChI=1S/C11H12N2S2/c1-2-3-4-8(13-12)10-7-11-9(15-10)5-6-14-11/h1,5-8,13H,3-4,12H2. The number of nitrogens with two attached hydrogens (primary N) is 1. The predicted molar refractivity (Wildman–Crippen MR) is 67.8 cm³/mol. The summed E-state index contributed by atoms with van der Waals surface area (Å²) in [6.45, 7) is 0. The lowest BCUT2D eigenvalue weighted by atomic mass is 10.1. The van der Waals surface area contributed by atoms with Crippen molar-refractivity contribution in [2.45, 2.75) is 18.9 Å². The van der Waals surface area contributed by atoms with Crippen molar-refractivity contribution in [2.24, 2.45) is 5.84 Å². The zero-order chi connectivity index (χ0) is 10.7. The molecule has 2 aromatic rings. The van der Waals surface area contributed by atoms with E-state index in [-0.39, 0.29) is 6.04 Å². The lowest BCUT2D eigenvalue weighted by Crippen LogP contribution is -2.27. The minimum atomic E-state index is 0.186. The van der Waals surface area contributed by atoms with Gasteiger partial charge in [-0.3, -0.25) is 11.3 Å². The van der Waals surface area contributed by atoms with Gasteiger partial charge >= 0.3 is 0 Å².